The molecule has 0 amide bonds. The molecule has 3 aromatic carbocycles. The first kappa shape index (κ1) is 28.8. The lowest BCUT2D eigenvalue weighted by Crippen LogP contribution is -2.08. The highest BCUT2D eigenvalue weighted by atomic mass is 79.9. The van der Waals surface area contributed by atoms with Crippen molar-refractivity contribution < 1.29 is 14.0 Å². The van der Waals surface area contributed by atoms with E-state index in [9.17, 15) is 9.18 Å². The first-order chi connectivity index (χ1) is 17.0. The van der Waals surface area contributed by atoms with Gasteiger partial charge in [-0.1, -0.05) is 45.7 Å². The predicted molar refractivity (Wildman–Crippen MR) is 149 cm³/mol. The lowest BCUT2D eigenvalue weighted by molar-refractivity contribution is 0.0590. The molecule has 35 heavy (non-hydrogen) atoms. The summed E-state index contributed by atoms with van der Waals surface area (Å²) in [4.78, 5) is 21.2. The van der Waals surface area contributed by atoms with Crippen molar-refractivity contribution in [3.05, 3.63) is 81.5 Å². The first-order valence-corrected chi connectivity index (χ1v) is 12.8. The lowest BCUT2D eigenvalue weighted by Gasteiger charge is -2.14. The van der Waals surface area contributed by atoms with Crippen LogP contribution in [0.4, 0.5) is 21.5 Å². The van der Waals surface area contributed by atoms with Gasteiger partial charge in [0.1, 0.15) is 0 Å². The van der Waals surface area contributed by atoms with Crippen molar-refractivity contribution in [2.75, 3.05) is 37.1 Å². The molecule has 0 bridgehead atoms. The summed E-state index contributed by atoms with van der Waals surface area (Å²) in [6.07, 6.45) is 3.01. The van der Waals surface area contributed by atoms with Crippen LogP contribution in [0.1, 0.15) is 16.8 Å². The molecule has 186 valence electrons. The number of nitrogens with one attached hydrogen (secondary N) is 3. The molecule has 0 saturated carbocycles. The summed E-state index contributed by atoms with van der Waals surface area (Å²) in [5, 5.41) is 5.96. The van der Waals surface area contributed by atoms with Gasteiger partial charge < -0.3 is 15.5 Å². The van der Waals surface area contributed by atoms with E-state index in [-0.39, 0.29) is 16.9 Å². The fraction of sp³-hybridized carbons (Fsp3) is 0.200. The maximum absolute atomic E-state index is 14.5. The molecule has 0 unspecified atom stereocenters. The van der Waals surface area contributed by atoms with Crippen LogP contribution in [0.5, 0.6) is 0 Å². The average molecular weight is 582 g/mol. The average Bonchev–Trinajstić information content (AvgIpc) is 2.87. The van der Waals surface area contributed by atoms with Crippen LogP contribution in [-0.2, 0) is 4.84 Å². The summed E-state index contributed by atoms with van der Waals surface area (Å²) in [5.74, 6) is 0.509. The van der Waals surface area contributed by atoms with Crippen LogP contribution in [0.2, 0.25) is 5.02 Å². The van der Waals surface area contributed by atoms with Gasteiger partial charge in [-0.25, -0.2) is 9.87 Å². The van der Waals surface area contributed by atoms with E-state index in [0.717, 1.165) is 23.3 Å². The second-order valence-electron chi connectivity index (χ2n) is 6.86. The highest BCUT2D eigenvalue weighted by Gasteiger charge is 2.14. The second-order valence-corrected chi connectivity index (χ2v) is 9.35. The number of carbonyl (C=O) groups is 1. The zero-order chi connectivity index (χ0) is 25.5. The fourth-order valence-corrected chi connectivity index (χ4v) is 4.30. The molecule has 0 heterocycles. The van der Waals surface area contributed by atoms with Crippen LogP contribution >= 0.6 is 39.3 Å². The summed E-state index contributed by atoms with van der Waals surface area (Å²) in [6, 6.07) is 18.5. The molecule has 0 spiro atoms. The zero-order valence-electron chi connectivity index (χ0n) is 19.4. The zero-order valence-corrected chi connectivity index (χ0v) is 22.5. The summed E-state index contributed by atoms with van der Waals surface area (Å²) in [7, 11) is 3.34. The van der Waals surface area contributed by atoms with Crippen LogP contribution in [0, 0.1) is 5.82 Å². The molecule has 0 aromatic heterocycles. The van der Waals surface area contributed by atoms with Gasteiger partial charge in [0.25, 0.3) is 0 Å². The van der Waals surface area contributed by atoms with Gasteiger partial charge >= 0.3 is 0 Å². The molecular weight excluding hydrogens is 555 g/mol. The summed E-state index contributed by atoms with van der Waals surface area (Å²) < 4.78 is 15.3. The van der Waals surface area contributed by atoms with E-state index in [0.29, 0.717) is 17.0 Å². The first-order valence-electron chi connectivity index (χ1n) is 10.6. The predicted octanol–water partition coefficient (Wildman–Crippen LogP) is 7.19. The number of carbonyl (C=O) groups excluding carboxylic acids is 1. The van der Waals surface area contributed by atoms with Gasteiger partial charge in [-0.2, -0.15) is 0 Å². The maximum Gasteiger partial charge on any atom is 0.170 e. The molecule has 0 radical (unpaired) electrons. The van der Waals surface area contributed by atoms with E-state index in [1.807, 2.05) is 17.8 Å². The molecule has 0 aliphatic heterocycles. The van der Waals surface area contributed by atoms with Crippen molar-refractivity contribution in [2.24, 2.45) is 4.99 Å². The Morgan fingerprint density at radius 1 is 1.14 bits per heavy atom. The largest absolute Gasteiger partial charge is 0.351 e. The molecule has 0 aliphatic carbocycles. The maximum atomic E-state index is 14.5. The van der Waals surface area contributed by atoms with E-state index >= 15 is 0 Å². The normalized spacial score (nSPS) is 10.5. The SMILES string of the molecule is CN=CNc1ccc(C=O)c(Nc2ccc(Br)cc2Cl)c1F.CNOCCCSc1ccccc1. The molecule has 3 N–H and O–H groups in total. The number of halogens is 3. The number of hydrogen-bond donors (Lipinski definition) is 3. The van der Waals surface area contributed by atoms with Crippen LogP contribution < -0.4 is 16.1 Å². The Bertz CT molecular complexity index is 1110. The number of aldehydes is 1. The minimum absolute atomic E-state index is 0.0497. The van der Waals surface area contributed by atoms with Gasteiger partial charge in [0, 0.05) is 34.8 Å². The third-order valence-corrected chi connectivity index (χ3v) is 6.29. The minimum Gasteiger partial charge on any atom is -0.351 e. The van der Waals surface area contributed by atoms with Gasteiger partial charge in [-0.15, -0.1) is 11.8 Å². The summed E-state index contributed by atoms with van der Waals surface area (Å²) in [5.41, 5.74) is 3.59. The monoisotopic (exact) mass is 580 g/mol. The van der Waals surface area contributed by atoms with Gasteiger partial charge in [-0.3, -0.25) is 9.79 Å². The Hall–Kier alpha value is -2.43. The van der Waals surface area contributed by atoms with Crippen molar-refractivity contribution in [3.8, 4) is 0 Å². The molecular formula is C25H27BrClFN4O2S. The van der Waals surface area contributed by atoms with Crippen molar-refractivity contribution in [3.63, 3.8) is 0 Å². The lowest BCUT2D eigenvalue weighted by atomic mass is 10.1. The topological polar surface area (TPSA) is 74.8 Å². The molecule has 3 rings (SSSR count). The van der Waals surface area contributed by atoms with Gasteiger partial charge in [0.2, 0.25) is 0 Å². The Morgan fingerprint density at radius 2 is 1.89 bits per heavy atom. The van der Waals surface area contributed by atoms with Crippen LogP contribution in [0.15, 0.2) is 75.0 Å². The number of thioether (sulfide) groups is 1. The Morgan fingerprint density at radius 3 is 2.54 bits per heavy atom. The number of nitrogens with zero attached hydrogens (tertiary/aromatic N) is 1. The van der Waals surface area contributed by atoms with Gasteiger partial charge in [0.05, 0.1) is 35.0 Å². The van der Waals surface area contributed by atoms with Crippen molar-refractivity contribution >= 4 is 69.0 Å². The smallest absolute Gasteiger partial charge is 0.170 e. The Balaban J connectivity index is 0.000000283. The number of aliphatic imine (C=N–C) groups is 1. The number of hydroxylamine groups is 1. The van der Waals surface area contributed by atoms with Crippen LogP contribution in [0.3, 0.4) is 0 Å². The third-order valence-electron chi connectivity index (χ3n) is 4.39. The summed E-state index contributed by atoms with van der Waals surface area (Å²) >= 11 is 11.3. The molecule has 0 aliphatic rings. The highest BCUT2D eigenvalue weighted by molar-refractivity contribution is 9.10. The molecule has 3 aromatic rings. The van der Waals surface area contributed by atoms with E-state index < -0.39 is 5.82 Å². The standard InChI is InChI=1S/C15H12BrClFN3O.C10H15NOS/c1-19-8-20-13-4-2-9(7-22)15(14(13)18)21-12-5-3-10(16)6-11(12)17;1-11-12-8-5-9-13-10-6-3-2-4-7-10/h2-8,21H,1H3,(H,19,20);2-4,6-7,11H,5,8-9H2,1H3. The van der Waals surface area contributed by atoms with E-state index in [2.05, 4.69) is 61.3 Å². The molecule has 10 heteroatoms. The second kappa shape index (κ2) is 16.3. The molecule has 6 nitrogen and oxygen atoms in total. The van der Waals surface area contributed by atoms with Crippen LogP contribution in [0.25, 0.3) is 0 Å². The van der Waals surface area contributed by atoms with Crippen LogP contribution in [-0.4, -0.2) is 39.1 Å². The van der Waals surface area contributed by atoms with E-state index in [4.69, 9.17) is 16.4 Å². The number of hydrogen-bond acceptors (Lipinski definition) is 6. The minimum atomic E-state index is -0.594. The Kier molecular flexibility index (Phi) is 13.4. The van der Waals surface area contributed by atoms with E-state index in [1.54, 1.807) is 32.3 Å². The quantitative estimate of drug-likeness (QED) is 0.0556. The molecule has 0 fully saturated rings. The van der Waals surface area contributed by atoms with Crippen molar-refractivity contribution in [2.45, 2.75) is 11.3 Å². The Labute approximate surface area is 222 Å². The third kappa shape index (κ3) is 9.99. The fourth-order valence-electron chi connectivity index (χ4n) is 2.73. The number of benzene rings is 3. The highest BCUT2D eigenvalue weighted by Crippen LogP contribution is 2.33. The van der Waals surface area contributed by atoms with Crippen molar-refractivity contribution in [1.82, 2.24) is 5.48 Å². The number of anilines is 3. The molecule has 0 saturated heterocycles. The number of rotatable bonds is 11. The van der Waals surface area contributed by atoms with Gasteiger partial charge in [0.15, 0.2) is 12.1 Å². The van der Waals surface area contributed by atoms with Crippen molar-refractivity contribution in [1.29, 1.82) is 0 Å². The molecule has 0 atom stereocenters. The van der Waals surface area contributed by atoms with E-state index in [1.165, 1.54) is 23.4 Å². The summed E-state index contributed by atoms with van der Waals surface area (Å²) in [6.45, 7) is 0.774. The van der Waals surface area contributed by atoms with Gasteiger partial charge in [-0.05, 0) is 48.9 Å².